The van der Waals surface area contributed by atoms with Gasteiger partial charge in [0, 0.05) is 17.9 Å². The summed E-state index contributed by atoms with van der Waals surface area (Å²) >= 11 is 0. The van der Waals surface area contributed by atoms with Crippen molar-refractivity contribution in [2.45, 2.75) is 6.54 Å². The molecular weight excluding hydrogens is 272 g/mol. The third kappa shape index (κ3) is 3.79. The quantitative estimate of drug-likeness (QED) is 0.671. The number of nitrogens with one attached hydrogen (secondary N) is 1. The van der Waals surface area contributed by atoms with Crippen molar-refractivity contribution in [3.05, 3.63) is 84.4 Å². The summed E-state index contributed by atoms with van der Waals surface area (Å²) in [5.41, 5.74) is 8.76. The van der Waals surface area contributed by atoms with Gasteiger partial charge in [-0.25, -0.2) is 0 Å². The number of nitrogen functional groups attached to an aromatic ring is 1. The van der Waals surface area contributed by atoms with Gasteiger partial charge in [-0.15, -0.1) is 0 Å². The number of para-hydroxylation sites is 1. The zero-order valence-electron chi connectivity index (χ0n) is 12.2. The van der Waals surface area contributed by atoms with Gasteiger partial charge in [0.05, 0.1) is 0 Å². The molecular formula is C19H18N2O. The van der Waals surface area contributed by atoms with Crippen LogP contribution in [0.2, 0.25) is 0 Å². The highest BCUT2D eigenvalue weighted by atomic mass is 16.5. The van der Waals surface area contributed by atoms with Gasteiger partial charge in [0.2, 0.25) is 0 Å². The number of rotatable bonds is 5. The van der Waals surface area contributed by atoms with Crippen LogP contribution in [0.15, 0.2) is 78.9 Å². The highest BCUT2D eigenvalue weighted by molar-refractivity contribution is 5.48. The Kier molecular flexibility index (Phi) is 4.25. The van der Waals surface area contributed by atoms with E-state index in [-0.39, 0.29) is 0 Å². The van der Waals surface area contributed by atoms with E-state index in [9.17, 15) is 0 Å². The van der Waals surface area contributed by atoms with Gasteiger partial charge in [-0.2, -0.15) is 0 Å². The van der Waals surface area contributed by atoms with E-state index in [1.807, 2.05) is 72.8 Å². The van der Waals surface area contributed by atoms with Gasteiger partial charge in [0.1, 0.15) is 11.5 Å². The monoisotopic (exact) mass is 290 g/mol. The molecule has 22 heavy (non-hydrogen) atoms. The summed E-state index contributed by atoms with van der Waals surface area (Å²) in [4.78, 5) is 0. The van der Waals surface area contributed by atoms with Crippen LogP contribution in [0.3, 0.4) is 0 Å². The number of nitrogens with two attached hydrogens (primary N) is 1. The molecule has 0 saturated heterocycles. The maximum atomic E-state index is 5.78. The second kappa shape index (κ2) is 6.68. The molecule has 0 unspecified atom stereocenters. The minimum Gasteiger partial charge on any atom is -0.457 e. The first-order chi connectivity index (χ1) is 10.8. The molecule has 3 aromatic rings. The van der Waals surface area contributed by atoms with Crippen LogP contribution in [0.1, 0.15) is 5.56 Å². The van der Waals surface area contributed by atoms with Gasteiger partial charge >= 0.3 is 0 Å². The van der Waals surface area contributed by atoms with Crippen LogP contribution in [-0.4, -0.2) is 0 Å². The molecule has 0 aliphatic heterocycles. The molecule has 0 aliphatic rings. The zero-order valence-corrected chi connectivity index (χ0v) is 12.2. The van der Waals surface area contributed by atoms with Crippen LogP contribution in [0.4, 0.5) is 11.4 Å². The smallest absolute Gasteiger partial charge is 0.127 e. The molecule has 0 aliphatic carbocycles. The van der Waals surface area contributed by atoms with Crippen molar-refractivity contribution in [2.75, 3.05) is 11.1 Å². The lowest BCUT2D eigenvalue weighted by Crippen LogP contribution is -1.99. The van der Waals surface area contributed by atoms with Crippen LogP contribution < -0.4 is 15.8 Å². The van der Waals surface area contributed by atoms with Crippen LogP contribution in [0.25, 0.3) is 0 Å². The third-order valence-corrected chi connectivity index (χ3v) is 3.28. The van der Waals surface area contributed by atoms with Crippen molar-refractivity contribution < 1.29 is 4.74 Å². The Morgan fingerprint density at radius 3 is 2.23 bits per heavy atom. The molecule has 0 saturated carbocycles. The third-order valence-electron chi connectivity index (χ3n) is 3.28. The molecule has 3 heteroatoms. The maximum Gasteiger partial charge on any atom is 0.127 e. The average Bonchev–Trinajstić information content (AvgIpc) is 2.55. The molecule has 3 N–H and O–H groups in total. The highest BCUT2D eigenvalue weighted by Gasteiger charge is 1.98. The summed E-state index contributed by atoms with van der Waals surface area (Å²) in [5, 5.41) is 3.37. The van der Waals surface area contributed by atoms with Crippen LogP contribution in [0.5, 0.6) is 11.5 Å². The van der Waals surface area contributed by atoms with E-state index in [2.05, 4.69) is 11.4 Å². The molecule has 0 bridgehead atoms. The summed E-state index contributed by atoms with van der Waals surface area (Å²) in [7, 11) is 0. The van der Waals surface area contributed by atoms with Gasteiger partial charge in [-0.1, -0.05) is 30.3 Å². The predicted octanol–water partition coefficient (Wildman–Crippen LogP) is 4.67. The number of benzene rings is 3. The Morgan fingerprint density at radius 2 is 1.50 bits per heavy atom. The standard InChI is InChI=1S/C19H18N2O/c20-16-6-4-5-15(13-16)14-21-17-9-11-19(12-10-17)22-18-7-2-1-3-8-18/h1-13,21H,14,20H2. The number of ether oxygens (including phenoxy) is 1. The van der Waals surface area contributed by atoms with Crippen molar-refractivity contribution in [1.29, 1.82) is 0 Å². The van der Waals surface area contributed by atoms with Gasteiger partial charge in [0.25, 0.3) is 0 Å². The van der Waals surface area contributed by atoms with Crippen molar-refractivity contribution in [3.63, 3.8) is 0 Å². The summed E-state index contributed by atoms with van der Waals surface area (Å²) in [6.07, 6.45) is 0. The lowest BCUT2D eigenvalue weighted by atomic mass is 10.2. The Morgan fingerprint density at radius 1 is 0.773 bits per heavy atom. The molecule has 0 spiro atoms. The van der Waals surface area contributed by atoms with Crippen LogP contribution >= 0.6 is 0 Å². The minimum absolute atomic E-state index is 0.740. The summed E-state index contributed by atoms with van der Waals surface area (Å²) < 4.78 is 5.77. The Balaban J connectivity index is 1.60. The van der Waals surface area contributed by atoms with Crippen LogP contribution in [-0.2, 0) is 6.54 Å². The second-order valence-electron chi connectivity index (χ2n) is 5.04. The fourth-order valence-electron chi connectivity index (χ4n) is 2.17. The molecule has 3 rings (SSSR count). The first-order valence-corrected chi connectivity index (χ1v) is 7.21. The molecule has 0 fully saturated rings. The first-order valence-electron chi connectivity index (χ1n) is 7.21. The first kappa shape index (κ1) is 14.0. The summed E-state index contributed by atoms with van der Waals surface area (Å²) in [6, 6.07) is 25.5. The zero-order chi connectivity index (χ0) is 15.2. The Bertz CT molecular complexity index is 724. The topological polar surface area (TPSA) is 47.3 Å². The summed E-state index contributed by atoms with van der Waals surface area (Å²) in [5.74, 6) is 1.66. The Hall–Kier alpha value is -2.94. The maximum absolute atomic E-state index is 5.78. The second-order valence-corrected chi connectivity index (χ2v) is 5.04. The molecule has 0 heterocycles. The molecule has 0 atom stereocenters. The van der Waals surface area contributed by atoms with Crippen molar-refractivity contribution in [3.8, 4) is 11.5 Å². The molecule has 0 amide bonds. The fourth-order valence-corrected chi connectivity index (χ4v) is 2.17. The SMILES string of the molecule is Nc1cccc(CNc2ccc(Oc3ccccc3)cc2)c1. The number of anilines is 2. The molecule has 110 valence electrons. The van der Waals surface area contributed by atoms with Crippen LogP contribution in [0, 0.1) is 0 Å². The lowest BCUT2D eigenvalue weighted by molar-refractivity contribution is 0.483. The summed E-state index contributed by atoms with van der Waals surface area (Å²) in [6.45, 7) is 0.740. The fraction of sp³-hybridized carbons (Fsp3) is 0.0526. The van der Waals surface area contributed by atoms with E-state index in [0.29, 0.717) is 0 Å². The Labute approximate surface area is 130 Å². The van der Waals surface area contributed by atoms with E-state index in [4.69, 9.17) is 10.5 Å². The molecule has 0 radical (unpaired) electrons. The minimum atomic E-state index is 0.740. The van der Waals surface area contributed by atoms with E-state index in [1.54, 1.807) is 0 Å². The van der Waals surface area contributed by atoms with Gasteiger partial charge in [-0.05, 0) is 54.1 Å². The van der Waals surface area contributed by atoms with E-state index in [1.165, 1.54) is 0 Å². The number of hydrogen-bond acceptors (Lipinski definition) is 3. The predicted molar refractivity (Wildman–Crippen MR) is 91.1 cm³/mol. The highest BCUT2D eigenvalue weighted by Crippen LogP contribution is 2.22. The van der Waals surface area contributed by atoms with E-state index >= 15 is 0 Å². The molecule has 3 aromatic carbocycles. The van der Waals surface area contributed by atoms with Crippen molar-refractivity contribution in [1.82, 2.24) is 0 Å². The number of hydrogen-bond donors (Lipinski definition) is 2. The van der Waals surface area contributed by atoms with Gasteiger partial charge < -0.3 is 15.8 Å². The van der Waals surface area contributed by atoms with E-state index in [0.717, 1.165) is 35.0 Å². The van der Waals surface area contributed by atoms with Gasteiger partial charge in [-0.3, -0.25) is 0 Å². The lowest BCUT2D eigenvalue weighted by Gasteiger charge is -2.09. The average molecular weight is 290 g/mol. The van der Waals surface area contributed by atoms with Crippen molar-refractivity contribution >= 4 is 11.4 Å². The molecule has 3 nitrogen and oxygen atoms in total. The van der Waals surface area contributed by atoms with Gasteiger partial charge in [0.15, 0.2) is 0 Å². The largest absolute Gasteiger partial charge is 0.457 e. The molecule has 0 aromatic heterocycles. The van der Waals surface area contributed by atoms with Crippen molar-refractivity contribution in [2.24, 2.45) is 0 Å². The normalized spacial score (nSPS) is 10.2. The van der Waals surface area contributed by atoms with E-state index < -0.39 is 0 Å².